The highest BCUT2D eigenvalue weighted by Gasteiger charge is 2.27. The smallest absolute Gasteiger partial charge is 0.254 e. The van der Waals surface area contributed by atoms with E-state index in [1.54, 1.807) is 12.4 Å². The lowest BCUT2D eigenvalue weighted by Crippen LogP contribution is -2.34. The Labute approximate surface area is 166 Å². The minimum absolute atomic E-state index is 0.0903. The van der Waals surface area contributed by atoms with Crippen molar-refractivity contribution in [2.24, 2.45) is 0 Å². The van der Waals surface area contributed by atoms with Gasteiger partial charge in [0, 0.05) is 44.0 Å². The van der Waals surface area contributed by atoms with E-state index in [4.69, 9.17) is 0 Å². The number of aromatic nitrogens is 1. The normalized spacial score (nSPS) is 20.3. The van der Waals surface area contributed by atoms with Crippen molar-refractivity contribution in [1.29, 1.82) is 0 Å². The summed E-state index contributed by atoms with van der Waals surface area (Å²) in [7, 11) is 0. The molecule has 0 N–H and O–H groups in total. The molecule has 2 fully saturated rings. The number of amides is 2. The Morgan fingerprint density at radius 3 is 2.46 bits per heavy atom. The number of benzene rings is 1. The van der Waals surface area contributed by atoms with E-state index < -0.39 is 0 Å². The monoisotopic (exact) mass is 377 g/mol. The summed E-state index contributed by atoms with van der Waals surface area (Å²) in [5.41, 5.74) is 2.96. The molecule has 5 heteroatoms. The molecule has 0 radical (unpaired) electrons. The molecule has 4 rings (SSSR count). The fourth-order valence-electron chi connectivity index (χ4n) is 4.29. The number of likely N-dealkylation sites (tertiary alicyclic amines) is 2. The second-order valence-corrected chi connectivity index (χ2v) is 7.76. The summed E-state index contributed by atoms with van der Waals surface area (Å²) < 4.78 is 0. The molecule has 2 aliphatic rings. The Hall–Kier alpha value is -2.69. The second-order valence-electron chi connectivity index (χ2n) is 7.76. The third-order valence-electron chi connectivity index (χ3n) is 5.85. The van der Waals surface area contributed by atoms with Crippen LogP contribution in [0.25, 0.3) is 0 Å². The van der Waals surface area contributed by atoms with E-state index in [0.717, 1.165) is 61.9 Å². The Morgan fingerprint density at radius 2 is 1.75 bits per heavy atom. The average Bonchev–Trinajstić information content (AvgIpc) is 2.99. The van der Waals surface area contributed by atoms with E-state index in [1.807, 2.05) is 46.2 Å². The molecular weight excluding hydrogens is 350 g/mol. The van der Waals surface area contributed by atoms with Gasteiger partial charge in [-0.3, -0.25) is 14.6 Å². The van der Waals surface area contributed by atoms with E-state index in [9.17, 15) is 9.59 Å². The van der Waals surface area contributed by atoms with Crippen molar-refractivity contribution < 1.29 is 9.59 Å². The predicted octanol–water partition coefficient (Wildman–Crippen LogP) is 3.96. The Morgan fingerprint density at radius 1 is 0.964 bits per heavy atom. The van der Waals surface area contributed by atoms with Gasteiger partial charge in [0.05, 0.1) is 6.04 Å². The molecule has 2 aromatic rings. The second kappa shape index (κ2) is 8.55. The maximum absolute atomic E-state index is 13.3. The van der Waals surface area contributed by atoms with Crippen LogP contribution in [-0.4, -0.2) is 39.7 Å². The Bertz CT molecular complexity index is 820. The number of rotatable bonds is 4. The van der Waals surface area contributed by atoms with Crippen LogP contribution in [0.4, 0.5) is 0 Å². The van der Waals surface area contributed by atoms with Crippen molar-refractivity contribution in [3.05, 3.63) is 65.5 Å². The first-order valence-corrected chi connectivity index (χ1v) is 10.3. The molecule has 0 saturated carbocycles. The number of carbonyl (C=O) groups excluding carboxylic acids is 2. The third-order valence-corrected chi connectivity index (χ3v) is 5.85. The van der Waals surface area contributed by atoms with E-state index in [-0.39, 0.29) is 17.9 Å². The highest BCUT2D eigenvalue weighted by Crippen LogP contribution is 2.31. The minimum Gasteiger partial charge on any atom is -0.338 e. The summed E-state index contributed by atoms with van der Waals surface area (Å²) in [5, 5.41) is 0. The first-order chi connectivity index (χ1) is 13.7. The van der Waals surface area contributed by atoms with E-state index in [1.165, 1.54) is 0 Å². The molecule has 28 heavy (non-hydrogen) atoms. The van der Waals surface area contributed by atoms with Crippen LogP contribution in [0.3, 0.4) is 0 Å². The average molecular weight is 377 g/mol. The molecule has 0 aliphatic carbocycles. The summed E-state index contributed by atoms with van der Waals surface area (Å²) >= 11 is 0. The number of hydrogen-bond acceptors (Lipinski definition) is 3. The SMILES string of the molecule is O=C1CCCN1Cc1ccc(C(=O)N2CCCCCC2c2ccncc2)cc1. The molecule has 1 aromatic heterocycles. The summed E-state index contributed by atoms with van der Waals surface area (Å²) in [5.74, 6) is 0.317. The summed E-state index contributed by atoms with van der Waals surface area (Å²) in [6.45, 7) is 2.26. The van der Waals surface area contributed by atoms with Crippen LogP contribution in [0.5, 0.6) is 0 Å². The fourth-order valence-corrected chi connectivity index (χ4v) is 4.29. The molecule has 2 saturated heterocycles. The van der Waals surface area contributed by atoms with Gasteiger partial charge in [0.25, 0.3) is 5.91 Å². The highest BCUT2D eigenvalue weighted by atomic mass is 16.2. The summed E-state index contributed by atoms with van der Waals surface area (Å²) in [4.78, 5) is 33.2. The number of nitrogens with zero attached hydrogens (tertiary/aromatic N) is 3. The van der Waals surface area contributed by atoms with Crippen molar-refractivity contribution >= 4 is 11.8 Å². The zero-order valence-corrected chi connectivity index (χ0v) is 16.2. The van der Waals surface area contributed by atoms with Gasteiger partial charge in [-0.2, -0.15) is 0 Å². The number of hydrogen-bond donors (Lipinski definition) is 0. The van der Waals surface area contributed by atoms with Gasteiger partial charge in [-0.05, 0) is 54.7 Å². The maximum atomic E-state index is 13.3. The number of carbonyl (C=O) groups is 2. The van der Waals surface area contributed by atoms with Gasteiger partial charge in [-0.25, -0.2) is 0 Å². The van der Waals surface area contributed by atoms with Crippen LogP contribution in [0.1, 0.15) is 66.1 Å². The lowest BCUT2D eigenvalue weighted by molar-refractivity contribution is -0.128. The third kappa shape index (κ3) is 4.08. The summed E-state index contributed by atoms with van der Waals surface area (Å²) in [6, 6.07) is 11.9. The fraction of sp³-hybridized carbons (Fsp3) is 0.435. The van der Waals surface area contributed by atoms with Gasteiger partial charge >= 0.3 is 0 Å². The van der Waals surface area contributed by atoms with Gasteiger partial charge in [-0.1, -0.05) is 25.0 Å². The largest absolute Gasteiger partial charge is 0.338 e. The molecule has 5 nitrogen and oxygen atoms in total. The summed E-state index contributed by atoms with van der Waals surface area (Å²) in [6.07, 6.45) is 9.54. The first kappa shape index (κ1) is 18.7. The lowest BCUT2D eigenvalue weighted by atomic mass is 10.0. The van der Waals surface area contributed by atoms with Crippen LogP contribution in [0, 0.1) is 0 Å². The predicted molar refractivity (Wildman–Crippen MR) is 108 cm³/mol. The van der Waals surface area contributed by atoms with Gasteiger partial charge in [0.2, 0.25) is 5.91 Å². The Kier molecular flexibility index (Phi) is 5.70. The number of pyridine rings is 1. The first-order valence-electron chi connectivity index (χ1n) is 10.3. The molecule has 1 atom stereocenters. The molecule has 0 spiro atoms. The van der Waals surface area contributed by atoms with Crippen molar-refractivity contribution in [3.63, 3.8) is 0 Å². The standard InChI is InChI=1S/C23H27N3O2/c27-22-6-4-15-25(22)17-18-7-9-20(10-8-18)23(28)26-16-3-1-2-5-21(26)19-11-13-24-14-12-19/h7-14,21H,1-6,15-17H2. The molecular formula is C23H27N3O2. The zero-order valence-electron chi connectivity index (χ0n) is 16.2. The molecule has 0 bridgehead atoms. The van der Waals surface area contributed by atoms with Crippen molar-refractivity contribution in [2.45, 2.75) is 51.1 Å². The van der Waals surface area contributed by atoms with Gasteiger partial charge in [-0.15, -0.1) is 0 Å². The maximum Gasteiger partial charge on any atom is 0.254 e. The molecule has 3 heterocycles. The van der Waals surface area contributed by atoms with Crippen LogP contribution in [0.2, 0.25) is 0 Å². The molecule has 2 aliphatic heterocycles. The van der Waals surface area contributed by atoms with Crippen molar-refractivity contribution in [2.75, 3.05) is 13.1 Å². The zero-order chi connectivity index (χ0) is 19.3. The van der Waals surface area contributed by atoms with Crippen LogP contribution < -0.4 is 0 Å². The molecule has 1 aromatic carbocycles. The van der Waals surface area contributed by atoms with E-state index in [2.05, 4.69) is 4.98 Å². The van der Waals surface area contributed by atoms with Crippen molar-refractivity contribution in [3.8, 4) is 0 Å². The highest BCUT2D eigenvalue weighted by molar-refractivity contribution is 5.94. The topological polar surface area (TPSA) is 53.5 Å². The van der Waals surface area contributed by atoms with Gasteiger partial charge in [0.15, 0.2) is 0 Å². The van der Waals surface area contributed by atoms with Crippen LogP contribution in [-0.2, 0) is 11.3 Å². The van der Waals surface area contributed by atoms with Gasteiger partial charge < -0.3 is 9.80 Å². The molecule has 1 unspecified atom stereocenters. The van der Waals surface area contributed by atoms with E-state index in [0.29, 0.717) is 13.0 Å². The molecule has 146 valence electrons. The van der Waals surface area contributed by atoms with E-state index >= 15 is 0 Å². The quantitative estimate of drug-likeness (QED) is 0.810. The lowest BCUT2D eigenvalue weighted by Gasteiger charge is -2.30. The molecule has 2 amide bonds. The minimum atomic E-state index is 0.0903. The van der Waals surface area contributed by atoms with Crippen LogP contribution >= 0.6 is 0 Å². The van der Waals surface area contributed by atoms with Gasteiger partial charge in [0.1, 0.15) is 0 Å². The Balaban J connectivity index is 1.50. The van der Waals surface area contributed by atoms with Crippen LogP contribution in [0.15, 0.2) is 48.8 Å². The van der Waals surface area contributed by atoms with Crippen molar-refractivity contribution in [1.82, 2.24) is 14.8 Å².